The van der Waals surface area contributed by atoms with Crippen LogP contribution in [-0.4, -0.2) is 12.1 Å². The molecule has 2 nitrogen and oxygen atoms in total. The summed E-state index contributed by atoms with van der Waals surface area (Å²) in [4.78, 5) is 0. The van der Waals surface area contributed by atoms with E-state index in [4.69, 9.17) is 10.5 Å². The molecule has 0 amide bonds. The van der Waals surface area contributed by atoms with Gasteiger partial charge in [0.05, 0.1) is 0 Å². The van der Waals surface area contributed by atoms with Gasteiger partial charge in [-0.15, -0.1) is 0 Å². The third kappa shape index (κ3) is 2.76. The molecule has 0 saturated heterocycles. The largest absolute Gasteiger partial charge is 0.488 e. The zero-order valence-corrected chi connectivity index (χ0v) is 10.0. The highest BCUT2D eigenvalue weighted by Gasteiger charge is 2.30. The van der Waals surface area contributed by atoms with Gasteiger partial charge in [-0.05, 0) is 63.3 Å². The first-order valence-electron chi connectivity index (χ1n) is 6.20. The molecule has 2 heteroatoms. The Kier molecular flexibility index (Phi) is 3.49. The van der Waals surface area contributed by atoms with Gasteiger partial charge in [-0.1, -0.05) is 12.1 Å². The molecule has 0 aliphatic heterocycles. The van der Waals surface area contributed by atoms with Crippen LogP contribution in [0.15, 0.2) is 24.3 Å². The van der Waals surface area contributed by atoms with Crippen molar-refractivity contribution in [2.24, 2.45) is 5.73 Å². The summed E-state index contributed by atoms with van der Waals surface area (Å²) in [6, 6.07) is 8.35. The van der Waals surface area contributed by atoms with E-state index in [2.05, 4.69) is 31.2 Å². The lowest BCUT2D eigenvalue weighted by molar-refractivity contribution is 0.0968. The van der Waals surface area contributed by atoms with Crippen molar-refractivity contribution >= 4 is 0 Å². The average Bonchev–Trinajstić information content (AvgIpc) is 2.68. The zero-order valence-electron chi connectivity index (χ0n) is 10.0. The van der Waals surface area contributed by atoms with Gasteiger partial charge in [-0.25, -0.2) is 0 Å². The lowest BCUT2D eigenvalue weighted by Crippen LogP contribution is -2.27. The van der Waals surface area contributed by atoms with E-state index in [1.165, 1.54) is 31.2 Å². The molecule has 0 atom stereocenters. The van der Waals surface area contributed by atoms with E-state index in [1.54, 1.807) is 0 Å². The molecule has 88 valence electrons. The van der Waals surface area contributed by atoms with Crippen LogP contribution in [0.2, 0.25) is 0 Å². The molecule has 1 aliphatic rings. The lowest BCUT2D eigenvalue weighted by Gasteiger charge is -2.25. The number of ether oxygens (including phenoxy) is 1. The topological polar surface area (TPSA) is 35.2 Å². The van der Waals surface area contributed by atoms with Crippen molar-refractivity contribution in [3.63, 3.8) is 0 Å². The second kappa shape index (κ2) is 4.88. The molecule has 1 aromatic carbocycles. The van der Waals surface area contributed by atoms with Gasteiger partial charge < -0.3 is 10.5 Å². The molecule has 0 heterocycles. The number of hydrogen-bond donors (Lipinski definition) is 1. The minimum absolute atomic E-state index is 0.0649. The summed E-state index contributed by atoms with van der Waals surface area (Å²) in [5.41, 5.74) is 6.87. The first kappa shape index (κ1) is 11.5. The summed E-state index contributed by atoms with van der Waals surface area (Å²) < 4.78 is 6.06. The number of hydrogen-bond acceptors (Lipinski definition) is 2. The van der Waals surface area contributed by atoms with Crippen molar-refractivity contribution in [2.75, 3.05) is 6.54 Å². The van der Waals surface area contributed by atoms with Crippen LogP contribution in [0.25, 0.3) is 0 Å². The van der Waals surface area contributed by atoms with Gasteiger partial charge in [-0.3, -0.25) is 0 Å². The van der Waals surface area contributed by atoms with Crippen LogP contribution in [0.4, 0.5) is 0 Å². The first-order valence-corrected chi connectivity index (χ1v) is 6.20. The third-order valence-corrected chi connectivity index (χ3v) is 3.38. The van der Waals surface area contributed by atoms with Crippen LogP contribution < -0.4 is 10.5 Å². The summed E-state index contributed by atoms with van der Waals surface area (Å²) in [5.74, 6) is 0.991. The normalized spacial score (nSPS) is 18.6. The SMILES string of the molecule is CC1(Oc2ccc(CCN)cc2)CCCC1. The van der Waals surface area contributed by atoms with Gasteiger partial charge in [0, 0.05) is 0 Å². The second-order valence-electron chi connectivity index (χ2n) is 4.94. The maximum absolute atomic E-state index is 6.06. The van der Waals surface area contributed by atoms with Crippen molar-refractivity contribution in [1.29, 1.82) is 0 Å². The van der Waals surface area contributed by atoms with Crippen LogP contribution in [0, 0.1) is 0 Å². The standard InChI is InChI=1S/C14H21NO/c1-14(9-2-3-10-14)16-13-6-4-12(5-7-13)8-11-15/h4-7H,2-3,8-11,15H2,1H3. The predicted octanol–water partition coefficient (Wildman–Crippen LogP) is 2.90. The Labute approximate surface area is 97.8 Å². The molecule has 1 aliphatic carbocycles. The van der Waals surface area contributed by atoms with Gasteiger partial charge >= 0.3 is 0 Å². The Morgan fingerprint density at radius 1 is 1.19 bits per heavy atom. The Morgan fingerprint density at radius 3 is 2.38 bits per heavy atom. The first-order chi connectivity index (χ1) is 7.72. The molecule has 1 aromatic rings. The van der Waals surface area contributed by atoms with Crippen molar-refractivity contribution in [2.45, 2.75) is 44.6 Å². The summed E-state index contributed by atoms with van der Waals surface area (Å²) in [5, 5.41) is 0. The van der Waals surface area contributed by atoms with Crippen molar-refractivity contribution in [3.05, 3.63) is 29.8 Å². The van der Waals surface area contributed by atoms with E-state index in [9.17, 15) is 0 Å². The van der Waals surface area contributed by atoms with Gasteiger partial charge in [0.1, 0.15) is 11.4 Å². The molecule has 0 spiro atoms. The van der Waals surface area contributed by atoms with E-state index in [0.29, 0.717) is 6.54 Å². The van der Waals surface area contributed by atoms with Crippen LogP contribution in [0.3, 0.4) is 0 Å². The minimum atomic E-state index is 0.0649. The number of benzene rings is 1. The van der Waals surface area contributed by atoms with Gasteiger partial charge in [0.25, 0.3) is 0 Å². The Hall–Kier alpha value is -1.02. The average molecular weight is 219 g/mol. The minimum Gasteiger partial charge on any atom is -0.488 e. The third-order valence-electron chi connectivity index (χ3n) is 3.38. The zero-order chi connectivity index (χ0) is 11.4. The van der Waals surface area contributed by atoms with Crippen LogP contribution in [0.1, 0.15) is 38.2 Å². The molecule has 2 rings (SSSR count). The Bertz CT molecular complexity index is 325. The monoisotopic (exact) mass is 219 g/mol. The molecule has 0 radical (unpaired) electrons. The summed E-state index contributed by atoms with van der Waals surface area (Å²) in [6.07, 6.45) is 5.89. The molecule has 0 aromatic heterocycles. The van der Waals surface area contributed by atoms with Crippen molar-refractivity contribution in [3.8, 4) is 5.75 Å². The molecule has 1 saturated carbocycles. The van der Waals surface area contributed by atoms with E-state index in [0.717, 1.165) is 12.2 Å². The Morgan fingerprint density at radius 2 is 1.81 bits per heavy atom. The van der Waals surface area contributed by atoms with E-state index < -0.39 is 0 Å². The highest BCUT2D eigenvalue weighted by Crippen LogP contribution is 2.33. The number of rotatable bonds is 4. The second-order valence-corrected chi connectivity index (χ2v) is 4.94. The lowest BCUT2D eigenvalue weighted by atomic mass is 10.1. The number of nitrogens with two attached hydrogens (primary N) is 1. The van der Waals surface area contributed by atoms with E-state index >= 15 is 0 Å². The quantitative estimate of drug-likeness (QED) is 0.845. The molecule has 0 unspecified atom stereocenters. The van der Waals surface area contributed by atoms with Crippen LogP contribution in [0.5, 0.6) is 5.75 Å². The van der Waals surface area contributed by atoms with Gasteiger partial charge in [0.2, 0.25) is 0 Å². The van der Waals surface area contributed by atoms with Gasteiger partial charge in [0.15, 0.2) is 0 Å². The fourth-order valence-corrected chi connectivity index (χ4v) is 2.40. The molecular formula is C14H21NO. The highest BCUT2D eigenvalue weighted by molar-refractivity contribution is 5.28. The van der Waals surface area contributed by atoms with E-state index in [-0.39, 0.29) is 5.60 Å². The van der Waals surface area contributed by atoms with Crippen LogP contribution >= 0.6 is 0 Å². The molecule has 16 heavy (non-hydrogen) atoms. The fraction of sp³-hybridized carbons (Fsp3) is 0.571. The molecule has 0 bridgehead atoms. The Balaban J connectivity index is 1.99. The summed E-state index contributed by atoms with van der Waals surface area (Å²) >= 11 is 0. The molecule has 2 N–H and O–H groups in total. The summed E-state index contributed by atoms with van der Waals surface area (Å²) in [6.45, 7) is 2.92. The maximum Gasteiger partial charge on any atom is 0.120 e. The maximum atomic E-state index is 6.06. The predicted molar refractivity (Wildman–Crippen MR) is 66.7 cm³/mol. The van der Waals surface area contributed by atoms with Crippen molar-refractivity contribution in [1.82, 2.24) is 0 Å². The molecule has 1 fully saturated rings. The fourth-order valence-electron chi connectivity index (χ4n) is 2.40. The summed E-state index contributed by atoms with van der Waals surface area (Å²) in [7, 11) is 0. The van der Waals surface area contributed by atoms with Crippen LogP contribution in [-0.2, 0) is 6.42 Å². The highest BCUT2D eigenvalue weighted by atomic mass is 16.5. The van der Waals surface area contributed by atoms with Crippen molar-refractivity contribution < 1.29 is 4.74 Å². The van der Waals surface area contributed by atoms with E-state index in [1.807, 2.05) is 0 Å². The smallest absolute Gasteiger partial charge is 0.120 e. The molecular weight excluding hydrogens is 198 g/mol. The van der Waals surface area contributed by atoms with Gasteiger partial charge in [-0.2, -0.15) is 0 Å².